The van der Waals surface area contributed by atoms with Crippen molar-refractivity contribution in [3.8, 4) is 0 Å². The van der Waals surface area contributed by atoms with E-state index in [1.165, 1.54) is 5.56 Å². The van der Waals surface area contributed by atoms with Gasteiger partial charge in [-0.15, -0.1) is 11.8 Å². The van der Waals surface area contributed by atoms with Gasteiger partial charge < -0.3 is 5.73 Å². The molecule has 0 aromatic heterocycles. The third-order valence-electron chi connectivity index (χ3n) is 1.85. The predicted octanol–water partition coefficient (Wildman–Crippen LogP) is 2.90. The fourth-order valence-corrected chi connectivity index (χ4v) is 1.83. The van der Waals surface area contributed by atoms with Crippen molar-refractivity contribution in [2.75, 3.05) is 0 Å². The zero-order chi connectivity index (χ0) is 10.6. The van der Waals surface area contributed by atoms with Gasteiger partial charge in [0, 0.05) is 10.8 Å². The van der Waals surface area contributed by atoms with Crippen LogP contribution in [0.2, 0.25) is 5.02 Å². The van der Waals surface area contributed by atoms with Crippen LogP contribution in [0.5, 0.6) is 0 Å². The van der Waals surface area contributed by atoms with Crippen LogP contribution in [0, 0.1) is 5.41 Å². The van der Waals surface area contributed by atoms with E-state index < -0.39 is 0 Å². The lowest BCUT2D eigenvalue weighted by molar-refractivity contribution is 1.22. The van der Waals surface area contributed by atoms with Gasteiger partial charge in [-0.1, -0.05) is 23.7 Å². The summed E-state index contributed by atoms with van der Waals surface area (Å²) in [5.41, 5.74) is 6.57. The van der Waals surface area contributed by atoms with Crippen molar-refractivity contribution in [1.29, 1.82) is 5.41 Å². The summed E-state index contributed by atoms with van der Waals surface area (Å²) in [7, 11) is 0. The molecule has 14 heavy (non-hydrogen) atoms. The van der Waals surface area contributed by atoms with E-state index in [0.717, 1.165) is 10.8 Å². The second-order valence-corrected chi connectivity index (χ2v) is 4.80. The molecular weight excluding hydrogens is 216 g/mol. The molecule has 0 aliphatic heterocycles. The maximum atomic E-state index is 7.24. The second-order valence-electron chi connectivity index (χ2n) is 3.04. The van der Waals surface area contributed by atoms with Crippen molar-refractivity contribution in [2.24, 2.45) is 5.73 Å². The van der Waals surface area contributed by atoms with Gasteiger partial charge >= 0.3 is 0 Å². The number of nitrogens with two attached hydrogens (primary N) is 1. The van der Waals surface area contributed by atoms with Crippen LogP contribution in [-0.2, 0) is 5.75 Å². The van der Waals surface area contributed by atoms with E-state index in [0.29, 0.717) is 0 Å². The van der Waals surface area contributed by atoms with Crippen molar-refractivity contribution in [1.82, 2.24) is 0 Å². The number of rotatable bonds is 4. The van der Waals surface area contributed by atoms with Crippen LogP contribution in [0.15, 0.2) is 24.3 Å². The lowest BCUT2D eigenvalue weighted by Crippen LogP contribution is -2.21. The maximum absolute atomic E-state index is 7.24. The van der Waals surface area contributed by atoms with Gasteiger partial charge in [0.25, 0.3) is 0 Å². The summed E-state index contributed by atoms with van der Waals surface area (Å²) in [6.07, 6.45) is 0. The van der Waals surface area contributed by atoms with E-state index >= 15 is 0 Å². The highest BCUT2D eigenvalue weighted by atomic mass is 35.5. The van der Waals surface area contributed by atoms with Crippen LogP contribution in [-0.4, -0.2) is 11.1 Å². The first-order valence-corrected chi connectivity index (χ1v) is 5.72. The Kier molecular flexibility index (Phi) is 4.29. The Labute approximate surface area is 93.3 Å². The number of benzene rings is 1. The molecule has 2 nitrogen and oxygen atoms in total. The molecule has 0 aliphatic carbocycles. The molecule has 0 aliphatic rings. The van der Waals surface area contributed by atoms with Crippen molar-refractivity contribution in [3.63, 3.8) is 0 Å². The van der Waals surface area contributed by atoms with Gasteiger partial charge in [0.2, 0.25) is 0 Å². The van der Waals surface area contributed by atoms with Gasteiger partial charge in [0.15, 0.2) is 0 Å². The Morgan fingerprint density at radius 3 is 2.57 bits per heavy atom. The van der Waals surface area contributed by atoms with Gasteiger partial charge in [0.1, 0.15) is 5.84 Å². The Bertz CT molecular complexity index is 310. The SMILES string of the molecule is CC(SCc1ccc(Cl)cc1)C(=N)N. The molecule has 1 atom stereocenters. The van der Waals surface area contributed by atoms with E-state index in [1.54, 1.807) is 11.8 Å². The minimum absolute atomic E-state index is 0.0747. The molecule has 1 unspecified atom stereocenters. The lowest BCUT2D eigenvalue weighted by Gasteiger charge is -2.08. The quantitative estimate of drug-likeness (QED) is 0.615. The Morgan fingerprint density at radius 2 is 2.07 bits per heavy atom. The molecule has 0 saturated carbocycles. The van der Waals surface area contributed by atoms with E-state index in [9.17, 15) is 0 Å². The normalized spacial score (nSPS) is 12.4. The number of halogens is 1. The molecule has 0 saturated heterocycles. The first-order valence-electron chi connectivity index (χ1n) is 4.29. The first kappa shape index (κ1) is 11.4. The average Bonchev–Trinajstić information content (AvgIpc) is 2.16. The summed E-state index contributed by atoms with van der Waals surface area (Å²) in [6, 6.07) is 7.72. The standard InChI is InChI=1S/C10H13ClN2S/c1-7(10(12)13)14-6-8-2-4-9(11)5-3-8/h2-5,7H,6H2,1H3,(H3,12,13). The molecule has 1 aromatic rings. The molecule has 3 N–H and O–H groups in total. The molecule has 76 valence electrons. The molecule has 0 radical (unpaired) electrons. The topological polar surface area (TPSA) is 49.9 Å². The Balaban J connectivity index is 2.46. The van der Waals surface area contributed by atoms with Crippen LogP contribution in [0.1, 0.15) is 12.5 Å². The summed E-state index contributed by atoms with van der Waals surface area (Å²) in [6.45, 7) is 1.93. The molecule has 0 spiro atoms. The zero-order valence-corrected chi connectivity index (χ0v) is 9.53. The van der Waals surface area contributed by atoms with Crippen LogP contribution in [0.3, 0.4) is 0 Å². The first-order chi connectivity index (χ1) is 6.59. The van der Waals surface area contributed by atoms with Gasteiger partial charge in [-0.3, -0.25) is 5.41 Å². The Morgan fingerprint density at radius 1 is 1.50 bits per heavy atom. The van der Waals surface area contributed by atoms with E-state index in [2.05, 4.69) is 0 Å². The van der Waals surface area contributed by atoms with Crippen molar-refractivity contribution in [3.05, 3.63) is 34.9 Å². The van der Waals surface area contributed by atoms with Crippen molar-refractivity contribution in [2.45, 2.75) is 17.9 Å². The highest BCUT2D eigenvalue weighted by molar-refractivity contribution is 7.99. The van der Waals surface area contributed by atoms with Crippen molar-refractivity contribution < 1.29 is 0 Å². The van der Waals surface area contributed by atoms with E-state index in [1.807, 2.05) is 31.2 Å². The number of nitrogens with one attached hydrogen (secondary N) is 1. The average molecular weight is 229 g/mol. The van der Waals surface area contributed by atoms with Crippen LogP contribution in [0.25, 0.3) is 0 Å². The summed E-state index contributed by atoms with van der Waals surface area (Å²) >= 11 is 7.41. The highest BCUT2D eigenvalue weighted by Gasteiger charge is 2.05. The summed E-state index contributed by atoms with van der Waals surface area (Å²) in [4.78, 5) is 0. The Hall–Kier alpha value is -0.670. The predicted molar refractivity (Wildman–Crippen MR) is 64.1 cm³/mol. The molecule has 0 amide bonds. The van der Waals surface area contributed by atoms with E-state index in [4.69, 9.17) is 22.7 Å². The molecule has 4 heteroatoms. The third-order valence-corrected chi connectivity index (χ3v) is 3.36. The smallest absolute Gasteiger partial charge is 0.104 e. The van der Waals surface area contributed by atoms with Gasteiger partial charge in [-0.2, -0.15) is 0 Å². The van der Waals surface area contributed by atoms with Gasteiger partial charge in [-0.05, 0) is 24.6 Å². The number of hydrogen-bond donors (Lipinski definition) is 2. The van der Waals surface area contributed by atoms with Gasteiger partial charge in [-0.25, -0.2) is 0 Å². The molecule has 0 heterocycles. The summed E-state index contributed by atoms with van der Waals surface area (Å²) < 4.78 is 0. The van der Waals surface area contributed by atoms with Crippen LogP contribution >= 0.6 is 23.4 Å². The number of hydrogen-bond acceptors (Lipinski definition) is 2. The fraction of sp³-hybridized carbons (Fsp3) is 0.300. The summed E-state index contributed by atoms with van der Waals surface area (Å²) in [5, 5.41) is 8.06. The molecule has 1 rings (SSSR count). The largest absolute Gasteiger partial charge is 0.387 e. The van der Waals surface area contributed by atoms with Gasteiger partial charge in [0.05, 0.1) is 5.25 Å². The molecule has 0 fully saturated rings. The van der Waals surface area contributed by atoms with E-state index in [-0.39, 0.29) is 11.1 Å². The van der Waals surface area contributed by atoms with Crippen LogP contribution < -0.4 is 5.73 Å². The highest BCUT2D eigenvalue weighted by Crippen LogP contribution is 2.18. The third kappa shape index (κ3) is 3.60. The lowest BCUT2D eigenvalue weighted by atomic mass is 10.2. The van der Waals surface area contributed by atoms with Crippen molar-refractivity contribution >= 4 is 29.2 Å². The monoisotopic (exact) mass is 228 g/mol. The minimum Gasteiger partial charge on any atom is -0.387 e. The van der Waals surface area contributed by atoms with Crippen LogP contribution in [0.4, 0.5) is 0 Å². The molecule has 0 bridgehead atoms. The minimum atomic E-state index is 0.0747. The molecule has 1 aromatic carbocycles. The zero-order valence-electron chi connectivity index (χ0n) is 7.96. The summed E-state index contributed by atoms with van der Waals surface area (Å²) in [5.74, 6) is 1.08. The number of amidine groups is 1. The second kappa shape index (κ2) is 5.27. The number of thioether (sulfide) groups is 1. The fourth-order valence-electron chi connectivity index (χ4n) is 0.892. The molecular formula is C10H13ClN2S. The maximum Gasteiger partial charge on any atom is 0.104 e.